The van der Waals surface area contributed by atoms with Gasteiger partial charge < -0.3 is 5.32 Å². The number of nitrogens with one attached hydrogen (secondary N) is 1. The quantitative estimate of drug-likeness (QED) is 0.847. The fraction of sp³-hybridized carbons (Fsp3) is 0.267. The molecule has 1 aromatic heterocycles. The molecular formula is C15H18N2. The molecule has 0 aliphatic heterocycles. The van der Waals surface area contributed by atoms with Crippen LogP contribution in [0.1, 0.15) is 24.1 Å². The van der Waals surface area contributed by atoms with Crippen molar-refractivity contribution < 1.29 is 0 Å². The minimum atomic E-state index is 0.528. The molecule has 2 aromatic rings. The number of nitrogens with zero attached hydrogens (tertiary/aromatic N) is 1. The molecule has 0 amide bonds. The van der Waals surface area contributed by atoms with E-state index in [0.29, 0.717) is 5.92 Å². The first-order valence-corrected chi connectivity index (χ1v) is 6.02. The Bertz CT molecular complexity index is 425. The van der Waals surface area contributed by atoms with Crippen LogP contribution < -0.4 is 5.32 Å². The van der Waals surface area contributed by atoms with E-state index in [4.69, 9.17) is 0 Å². The molecule has 0 aliphatic carbocycles. The van der Waals surface area contributed by atoms with Gasteiger partial charge in [0.2, 0.25) is 0 Å². The largest absolute Gasteiger partial charge is 0.311 e. The molecule has 0 fully saturated rings. The normalized spacial score (nSPS) is 12.3. The van der Waals surface area contributed by atoms with E-state index in [1.807, 2.05) is 24.4 Å². The molecule has 0 spiro atoms. The van der Waals surface area contributed by atoms with Crippen LogP contribution in [0, 0.1) is 0 Å². The van der Waals surface area contributed by atoms with Crippen LogP contribution in [0.3, 0.4) is 0 Å². The number of aromatic nitrogens is 1. The van der Waals surface area contributed by atoms with Crippen LogP contribution in [0.5, 0.6) is 0 Å². The molecule has 0 saturated carbocycles. The van der Waals surface area contributed by atoms with Gasteiger partial charge in [-0.2, -0.15) is 0 Å². The lowest BCUT2D eigenvalue weighted by Crippen LogP contribution is -2.20. The Hall–Kier alpha value is -1.67. The first-order valence-electron chi connectivity index (χ1n) is 6.02. The molecule has 2 rings (SSSR count). The smallest absolute Gasteiger partial charge is 0.0541 e. The molecule has 1 N–H and O–H groups in total. The summed E-state index contributed by atoms with van der Waals surface area (Å²) in [5.41, 5.74) is 2.47. The van der Waals surface area contributed by atoms with Crippen molar-refractivity contribution in [3.63, 3.8) is 0 Å². The van der Waals surface area contributed by atoms with Gasteiger partial charge in [0.1, 0.15) is 0 Å². The third-order valence-electron chi connectivity index (χ3n) is 2.85. The zero-order chi connectivity index (χ0) is 11.9. The average Bonchev–Trinajstić information content (AvgIpc) is 2.41. The van der Waals surface area contributed by atoms with E-state index in [1.165, 1.54) is 5.56 Å². The Morgan fingerprint density at radius 2 is 1.82 bits per heavy atom. The Balaban J connectivity index is 1.79. The van der Waals surface area contributed by atoms with Gasteiger partial charge in [0.15, 0.2) is 0 Å². The summed E-state index contributed by atoms with van der Waals surface area (Å²) in [5, 5.41) is 3.44. The van der Waals surface area contributed by atoms with Crippen LogP contribution in [-0.4, -0.2) is 11.5 Å². The molecule has 0 aliphatic rings. The molecule has 1 atom stereocenters. The number of hydrogen-bond donors (Lipinski definition) is 1. The third kappa shape index (κ3) is 3.68. The molecule has 2 nitrogen and oxygen atoms in total. The number of pyridine rings is 1. The van der Waals surface area contributed by atoms with Gasteiger partial charge in [-0.1, -0.05) is 43.3 Å². The lowest BCUT2D eigenvalue weighted by molar-refractivity contribution is 0.608. The van der Waals surface area contributed by atoms with Crippen LogP contribution in [0.15, 0.2) is 54.7 Å². The molecule has 1 heterocycles. The Kier molecular flexibility index (Phi) is 4.28. The van der Waals surface area contributed by atoms with Crippen molar-refractivity contribution in [3.8, 4) is 0 Å². The van der Waals surface area contributed by atoms with Gasteiger partial charge >= 0.3 is 0 Å². The molecule has 0 saturated heterocycles. The van der Waals surface area contributed by atoms with E-state index in [0.717, 1.165) is 18.8 Å². The molecule has 88 valence electrons. The maximum atomic E-state index is 4.29. The highest BCUT2D eigenvalue weighted by Gasteiger charge is 2.03. The monoisotopic (exact) mass is 226 g/mol. The van der Waals surface area contributed by atoms with Gasteiger partial charge in [0, 0.05) is 19.3 Å². The lowest BCUT2D eigenvalue weighted by atomic mass is 10.0. The van der Waals surface area contributed by atoms with Crippen molar-refractivity contribution in [1.29, 1.82) is 0 Å². The van der Waals surface area contributed by atoms with Crippen molar-refractivity contribution in [2.75, 3.05) is 6.54 Å². The van der Waals surface area contributed by atoms with Gasteiger partial charge in [-0.25, -0.2) is 0 Å². The van der Waals surface area contributed by atoms with E-state index in [2.05, 4.69) is 47.6 Å². The second-order valence-corrected chi connectivity index (χ2v) is 4.26. The highest BCUT2D eigenvalue weighted by Crippen LogP contribution is 2.13. The van der Waals surface area contributed by atoms with Gasteiger partial charge in [0.25, 0.3) is 0 Å². The lowest BCUT2D eigenvalue weighted by Gasteiger charge is -2.12. The third-order valence-corrected chi connectivity index (χ3v) is 2.85. The fourth-order valence-electron chi connectivity index (χ4n) is 1.82. The topological polar surface area (TPSA) is 24.9 Å². The summed E-state index contributed by atoms with van der Waals surface area (Å²) < 4.78 is 0. The van der Waals surface area contributed by atoms with Gasteiger partial charge in [-0.15, -0.1) is 0 Å². The van der Waals surface area contributed by atoms with Crippen LogP contribution in [0.2, 0.25) is 0 Å². The van der Waals surface area contributed by atoms with Crippen LogP contribution in [0.4, 0.5) is 0 Å². The zero-order valence-corrected chi connectivity index (χ0v) is 10.1. The number of hydrogen-bond acceptors (Lipinski definition) is 2. The SMILES string of the molecule is CC(CNCc1ccccn1)c1ccccc1. The van der Waals surface area contributed by atoms with Crippen molar-refractivity contribution in [2.24, 2.45) is 0 Å². The first-order chi connectivity index (χ1) is 8.36. The highest BCUT2D eigenvalue weighted by atomic mass is 14.9. The minimum Gasteiger partial charge on any atom is -0.311 e. The summed E-state index contributed by atoms with van der Waals surface area (Å²) >= 11 is 0. The first kappa shape index (κ1) is 11.8. The molecule has 0 radical (unpaired) electrons. The van der Waals surface area contributed by atoms with Crippen molar-refractivity contribution in [3.05, 3.63) is 66.0 Å². The van der Waals surface area contributed by atoms with Crippen molar-refractivity contribution in [2.45, 2.75) is 19.4 Å². The zero-order valence-electron chi connectivity index (χ0n) is 10.1. The summed E-state index contributed by atoms with van der Waals surface area (Å²) in [5.74, 6) is 0.528. The molecule has 2 heteroatoms. The van der Waals surface area contributed by atoms with Crippen LogP contribution >= 0.6 is 0 Å². The summed E-state index contributed by atoms with van der Waals surface area (Å²) in [6, 6.07) is 16.6. The number of benzene rings is 1. The summed E-state index contributed by atoms with van der Waals surface area (Å²) in [6.07, 6.45) is 1.83. The Labute approximate surface area is 103 Å². The predicted octanol–water partition coefficient (Wildman–Crippen LogP) is 2.97. The van der Waals surface area contributed by atoms with E-state index in [1.54, 1.807) is 0 Å². The van der Waals surface area contributed by atoms with E-state index in [-0.39, 0.29) is 0 Å². The molecule has 17 heavy (non-hydrogen) atoms. The summed E-state index contributed by atoms with van der Waals surface area (Å²) in [7, 11) is 0. The molecule has 1 unspecified atom stereocenters. The Morgan fingerprint density at radius 3 is 2.53 bits per heavy atom. The predicted molar refractivity (Wildman–Crippen MR) is 70.8 cm³/mol. The number of rotatable bonds is 5. The van der Waals surface area contributed by atoms with Gasteiger partial charge in [0.05, 0.1) is 5.69 Å². The average molecular weight is 226 g/mol. The second-order valence-electron chi connectivity index (χ2n) is 4.26. The van der Waals surface area contributed by atoms with E-state index in [9.17, 15) is 0 Å². The van der Waals surface area contributed by atoms with Crippen LogP contribution in [0.25, 0.3) is 0 Å². The van der Waals surface area contributed by atoms with Crippen LogP contribution in [-0.2, 0) is 6.54 Å². The standard InChI is InChI=1S/C15H18N2/c1-13(14-7-3-2-4-8-14)11-16-12-15-9-5-6-10-17-15/h2-10,13,16H,11-12H2,1H3. The van der Waals surface area contributed by atoms with Gasteiger partial charge in [-0.3, -0.25) is 4.98 Å². The second kappa shape index (κ2) is 6.16. The van der Waals surface area contributed by atoms with Crippen molar-refractivity contribution >= 4 is 0 Å². The minimum absolute atomic E-state index is 0.528. The van der Waals surface area contributed by atoms with E-state index >= 15 is 0 Å². The molecule has 1 aromatic carbocycles. The van der Waals surface area contributed by atoms with Crippen molar-refractivity contribution in [1.82, 2.24) is 10.3 Å². The fourth-order valence-corrected chi connectivity index (χ4v) is 1.82. The molecular weight excluding hydrogens is 208 g/mol. The summed E-state index contributed by atoms with van der Waals surface area (Å²) in [6.45, 7) is 4.04. The highest BCUT2D eigenvalue weighted by molar-refractivity contribution is 5.19. The maximum absolute atomic E-state index is 4.29. The summed E-state index contributed by atoms with van der Waals surface area (Å²) in [4.78, 5) is 4.29. The maximum Gasteiger partial charge on any atom is 0.0541 e. The van der Waals surface area contributed by atoms with E-state index < -0.39 is 0 Å². The molecule has 0 bridgehead atoms. The Morgan fingerprint density at radius 1 is 1.06 bits per heavy atom. The van der Waals surface area contributed by atoms with Gasteiger partial charge in [-0.05, 0) is 23.6 Å².